The summed E-state index contributed by atoms with van der Waals surface area (Å²) in [6.45, 7) is 16.3. The lowest BCUT2D eigenvalue weighted by Crippen LogP contribution is -2.55. The van der Waals surface area contributed by atoms with Crippen LogP contribution in [0.3, 0.4) is 0 Å². The van der Waals surface area contributed by atoms with Gasteiger partial charge >= 0.3 is 31.5 Å². The number of aliphatic hydroxyl groups is 1. The van der Waals surface area contributed by atoms with Gasteiger partial charge in [0.25, 0.3) is 0 Å². The van der Waals surface area contributed by atoms with Gasteiger partial charge in [-0.3, -0.25) is 29.2 Å². The largest absolute Gasteiger partial charge is 0.494 e. The zero-order chi connectivity index (χ0) is 88.2. The van der Waals surface area contributed by atoms with Crippen LogP contribution in [0, 0.1) is 11.8 Å². The van der Waals surface area contributed by atoms with Gasteiger partial charge in [-0.25, -0.2) is 29.1 Å². The van der Waals surface area contributed by atoms with Crippen LogP contribution >= 0.6 is 15.9 Å². The lowest BCUT2D eigenvalue weighted by atomic mass is 9.78. The molecule has 8 amide bonds. The molecule has 8 aromatic rings. The van der Waals surface area contributed by atoms with Crippen LogP contribution in [0.4, 0.5) is 19.2 Å². The topological polar surface area (TPSA) is 355 Å². The minimum Gasteiger partial charge on any atom is -0.453 e. The summed E-state index contributed by atoms with van der Waals surface area (Å²) in [5.41, 5.74) is 12.9. The molecule has 29 nitrogen and oxygen atoms in total. The standard InChI is InChI=1S/C43H47N7O6.C31H38BN3O5.C18H21BrN4O3.CH4O/c1-24(46-42(53)55-3)40(51)49-17-5-6-37(49)39-45-23-36(48-39)27-9-7-26(8-10-27)28-11-12-30-19-31(14-13-29(30)18-28)33-21-35(44-22-33)38-32-15-16-34(20-32)50(38)41(52)25(2)47-43(54)56-4;1-18(34-29(37)38-6)28(36)35-25-12-10-22(15-25)27(35)26-16-23(17-33-26)20-7-8-21-14-24(11-9-19(21)13-20)32-39-30(2,3)31(4,5)40-32;1-11(21-18(25)26-2)17(24)23-9-3-4-15(23)16-20-10-14(22-16)12-5-7-13(19)8-6-12;1-2/h7-14,18-19,22-25,32,34,37-38H,5-6,15-17,20-21H2,1-4H3,(H,45,48)(H,46,53)(H,47,54);7-9,11,13-14,17-18,22,25,27H,10,12,15-16H2,1-6H3,(H,34,37);5-8,10-11,15H,3-4,9H2,1-2H3,(H,20,22)(H,21,25);2H,1H3/t24-,25-,32-,34+,37-,38-;18-,22-,25+,27-;11-,15-;/m000./s1. The number of alkyl carbamates (subject to hydrolysis) is 4. The molecule has 2 saturated carbocycles. The molecule has 2 aliphatic carbocycles. The summed E-state index contributed by atoms with van der Waals surface area (Å²) in [4.78, 5) is 133. The number of piperidine rings is 2. The molecule has 0 radical (unpaired) electrons. The molecule has 5 saturated heterocycles. The van der Waals surface area contributed by atoms with Gasteiger partial charge in [0.2, 0.25) is 23.6 Å². The highest BCUT2D eigenvalue weighted by molar-refractivity contribution is 9.10. The average Bonchev–Trinajstić information content (AvgIpc) is 1.60. The Balaban J connectivity index is 0.000000160. The Hall–Kier alpha value is -11.5. The summed E-state index contributed by atoms with van der Waals surface area (Å²) >= 11 is 3.43. The number of aromatic nitrogens is 4. The number of ether oxygens (including phenoxy) is 4. The number of benzene rings is 6. The van der Waals surface area contributed by atoms with Gasteiger partial charge in [-0.15, -0.1) is 0 Å². The first kappa shape index (κ1) is 88.8. The molecule has 2 aromatic heterocycles. The molecular weight excluding hydrogens is 1640 g/mol. The van der Waals surface area contributed by atoms with Crippen molar-refractivity contribution in [3.8, 4) is 33.6 Å². The fourth-order valence-corrected chi connectivity index (χ4v) is 19.1. The number of nitrogens with one attached hydrogen (secondary N) is 6. The summed E-state index contributed by atoms with van der Waals surface area (Å²) in [7, 11) is 5.77. The number of H-pyrrole nitrogens is 2. The molecule has 17 rings (SSSR count). The fraction of sp³-hybridized carbons (Fsp3) is 0.441. The van der Waals surface area contributed by atoms with Crippen LogP contribution in [0.15, 0.2) is 161 Å². The van der Waals surface area contributed by atoms with Crippen LogP contribution in [0.5, 0.6) is 0 Å². The smallest absolute Gasteiger partial charge is 0.453 e. The zero-order valence-corrected chi connectivity index (χ0v) is 74.0. The molecule has 7 fully saturated rings. The number of imidazole rings is 2. The minimum atomic E-state index is -0.702. The van der Waals surface area contributed by atoms with Crippen molar-refractivity contribution >= 4 is 121 Å². The number of allylic oxidation sites excluding steroid dienone is 2. The third-order valence-corrected chi connectivity index (χ3v) is 26.5. The highest BCUT2D eigenvalue weighted by Crippen LogP contribution is 2.48. The molecule has 9 aliphatic rings. The number of hydrogen-bond donors (Lipinski definition) is 7. The van der Waals surface area contributed by atoms with E-state index in [1.807, 2.05) is 52.7 Å². The number of nitrogens with zero attached hydrogens (tertiary/aromatic N) is 8. The molecule has 7 aliphatic heterocycles. The number of carbonyl (C=O) groups is 8. The Morgan fingerprint density at radius 2 is 0.823 bits per heavy atom. The zero-order valence-electron chi connectivity index (χ0n) is 72.4. The van der Waals surface area contributed by atoms with Crippen molar-refractivity contribution in [3.05, 3.63) is 173 Å². The van der Waals surface area contributed by atoms with Gasteiger partial charge in [0.05, 0.1) is 87.6 Å². The van der Waals surface area contributed by atoms with E-state index in [0.717, 1.165) is 182 Å². The second-order valence-electron chi connectivity index (χ2n) is 34.2. The minimum absolute atomic E-state index is 0.0233. The highest BCUT2D eigenvalue weighted by Gasteiger charge is 2.54. The van der Waals surface area contributed by atoms with Gasteiger partial charge in [-0.05, 0) is 233 Å². The van der Waals surface area contributed by atoms with Gasteiger partial charge in [-0.1, -0.05) is 107 Å². The van der Waals surface area contributed by atoms with Gasteiger partial charge in [0.15, 0.2) is 0 Å². The Labute approximate surface area is 730 Å². The number of aromatic amines is 2. The van der Waals surface area contributed by atoms with Crippen LogP contribution in [-0.4, -0.2) is 219 Å². The quantitative estimate of drug-likeness (QED) is 0.0310. The number of rotatable bonds is 18. The molecule has 0 spiro atoms. The summed E-state index contributed by atoms with van der Waals surface area (Å²) in [6, 6.07) is 39.5. The maximum atomic E-state index is 13.5. The predicted molar refractivity (Wildman–Crippen MR) is 477 cm³/mol. The monoisotopic (exact) mass is 1750 g/mol. The number of halogens is 1. The predicted octanol–water partition coefficient (Wildman–Crippen LogP) is 13.9. The summed E-state index contributed by atoms with van der Waals surface area (Å²) in [5, 5.41) is 21.9. The third-order valence-electron chi connectivity index (χ3n) is 26.0. The van der Waals surface area contributed by atoms with E-state index < -0.39 is 48.5 Å². The molecule has 7 N–H and O–H groups in total. The SMILES string of the molecule is CO.COC(=O)N[C@@H](C)C(=O)N1CCC[C@H]1c1ncc(-c2ccc(-c3ccc4cc(C5=CN=C([C@@H]6[C@H]7CC[C@H](C7)N6C(=O)[C@H](C)NC(=O)OC)C5)ccc4c3)cc2)[nH]1.COC(=O)N[C@@H](C)C(=O)N1CCC[C@H]1c1ncc(-c2ccc(Br)cc2)[nH]1.COC(=O)N[C@@H](C)C(=O)N1[C@@H]2CC[C@@H](C2)[C@H]1C1=NC=C(c2ccc3cc(B4OC(C)(C)C(C)(C)O4)ccc3c2)C1. The molecule has 31 heteroatoms. The van der Waals surface area contributed by atoms with Crippen molar-refractivity contribution in [2.45, 2.75) is 204 Å². The van der Waals surface area contributed by atoms with E-state index in [0.29, 0.717) is 37.8 Å². The van der Waals surface area contributed by atoms with E-state index in [-0.39, 0.29) is 78.2 Å². The number of aliphatic imine (C=N–C) groups is 2. The second kappa shape index (κ2) is 37.9. The van der Waals surface area contributed by atoms with Crippen LogP contribution < -0.4 is 26.7 Å². The first-order chi connectivity index (χ1) is 59.6. The van der Waals surface area contributed by atoms with Gasteiger partial charge in [0.1, 0.15) is 35.8 Å². The third kappa shape index (κ3) is 18.8. The first-order valence-corrected chi connectivity index (χ1v) is 43.4. The lowest BCUT2D eigenvalue weighted by molar-refractivity contribution is -0.136. The van der Waals surface area contributed by atoms with Gasteiger partial charge < -0.3 is 84.2 Å². The average molecular weight is 1750 g/mol. The molecular formula is C93H110BBrN14O15. The van der Waals surface area contributed by atoms with Crippen molar-refractivity contribution in [2.75, 3.05) is 48.6 Å². The maximum Gasteiger partial charge on any atom is 0.494 e. The number of aliphatic hydroxyl groups excluding tert-OH is 1. The molecule has 4 bridgehead atoms. The summed E-state index contributed by atoms with van der Waals surface area (Å²) < 4.78 is 32.2. The van der Waals surface area contributed by atoms with E-state index in [4.69, 9.17) is 33.9 Å². The number of carbonyl (C=O) groups excluding carboxylic acids is 8. The van der Waals surface area contributed by atoms with Crippen molar-refractivity contribution in [1.82, 2.24) is 60.8 Å². The van der Waals surface area contributed by atoms with E-state index in [1.54, 1.807) is 43.7 Å². The van der Waals surface area contributed by atoms with Crippen LogP contribution in [0.25, 0.3) is 66.3 Å². The molecule has 124 heavy (non-hydrogen) atoms. The van der Waals surface area contributed by atoms with Crippen LogP contribution in [0.1, 0.15) is 167 Å². The van der Waals surface area contributed by atoms with Gasteiger partial charge in [0, 0.05) is 73.4 Å². The number of hydrogen-bond acceptors (Lipinski definition) is 19. The molecule has 12 atom stereocenters. The van der Waals surface area contributed by atoms with Crippen molar-refractivity contribution in [3.63, 3.8) is 0 Å². The first-order valence-electron chi connectivity index (χ1n) is 42.6. The van der Waals surface area contributed by atoms with Crippen LogP contribution in [-0.2, 0) is 47.4 Å². The van der Waals surface area contributed by atoms with Crippen molar-refractivity contribution < 1.29 is 71.7 Å². The number of amides is 8. The number of methoxy groups -OCH3 is 4. The fourth-order valence-electron chi connectivity index (χ4n) is 18.8. The van der Waals surface area contributed by atoms with E-state index in [1.165, 1.54) is 28.4 Å². The number of fused-ring (bicyclic) bond motifs is 6. The van der Waals surface area contributed by atoms with Crippen LogP contribution in [0.2, 0.25) is 0 Å². The normalized spacial score (nSPS) is 22.7. The Morgan fingerprint density at radius 1 is 0.468 bits per heavy atom. The Morgan fingerprint density at radius 3 is 1.23 bits per heavy atom. The highest BCUT2D eigenvalue weighted by atomic mass is 79.9. The molecule has 6 aromatic carbocycles. The van der Waals surface area contributed by atoms with Gasteiger partial charge in [-0.2, -0.15) is 0 Å². The van der Waals surface area contributed by atoms with E-state index >= 15 is 0 Å². The Bertz CT molecular complexity index is 5460. The molecule has 9 heterocycles. The molecule has 0 unspecified atom stereocenters. The molecule has 652 valence electrons. The Kier molecular flexibility index (Phi) is 27.1. The second-order valence-corrected chi connectivity index (χ2v) is 35.1. The van der Waals surface area contributed by atoms with Crippen molar-refractivity contribution in [2.24, 2.45) is 21.8 Å². The van der Waals surface area contributed by atoms with E-state index in [2.05, 4.69) is 191 Å². The maximum absolute atomic E-state index is 13.5. The lowest BCUT2D eigenvalue weighted by Gasteiger charge is -2.37. The number of likely N-dealkylation sites (tertiary alicyclic amines) is 4. The summed E-state index contributed by atoms with van der Waals surface area (Å²) in [6.07, 6.45) is 16.0. The van der Waals surface area contributed by atoms with Crippen molar-refractivity contribution in [1.29, 1.82) is 0 Å². The summed E-state index contributed by atoms with van der Waals surface area (Å²) in [5.74, 6) is 1.83. The van der Waals surface area contributed by atoms with E-state index in [9.17, 15) is 38.4 Å².